The van der Waals surface area contributed by atoms with Crippen LogP contribution < -0.4 is 20.7 Å². The SMILES string of the molecule is CC1NC(C(=O)NC23CC(C2)C(NC(=O)COc2ccc(Cl)c(F)c2)C3)CS1. The molecule has 1 aromatic carbocycles. The van der Waals surface area contributed by atoms with Crippen LogP contribution in [-0.4, -0.2) is 47.2 Å². The van der Waals surface area contributed by atoms with Gasteiger partial charge in [0.25, 0.3) is 5.91 Å². The van der Waals surface area contributed by atoms with Crippen LogP contribution in [0.4, 0.5) is 4.39 Å². The first kappa shape index (κ1) is 19.8. The van der Waals surface area contributed by atoms with Gasteiger partial charge in [0.1, 0.15) is 11.6 Å². The molecule has 4 fully saturated rings. The van der Waals surface area contributed by atoms with Crippen molar-refractivity contribution in [3.63, 3.8) is 0 Å². The average molecular weight is 428 g/mol. The van der Waals surface area contributed by atoms with Gasteiger partial charge in [-0.3, -0.25) is 14.9 Å². The van der Waals surface area contributed by atoms with Crippen molar-refractivity contribution in [3.8, 4) is 5.75 Å². The summed E-state index contributed by atoms with van der Waals surface area (Å²) in [7, 11) is 0. The van der Waals surface area contributed by atoms with Crippen LogP contribution in [0.25, 0.3) is 0 Å². The Kier molecular flexibility index (Phi) is 5.46. The zero-order chi connectivity index (χ0) is 19.9. The van der Waals surface area contributed by atoms with Gasteiger partial charge < -0.3 is 15.4 Å². The van der Waals surface area contributed by atoms with Crippen LogP contribution in [0, 0.1) is 11.7 Å². The predicted octanol–water partition coefficient (Wildman–Crippen LogP) is 2.06. The number of ether oxygens (including phenoxy) is 1. The number of thioether (sulfide) groups is 1. The Balaban J connectivity index is 1.24. The van der Waals surface area contributed by atoms with E-state index in [1.165, 1.54) is 12.1 Å². The van der Waals surface area contributed by atoms with Gasteiger partial charge in [-0.05, 0) is 44.2 Å². The minimum absolute atomic E-state index is 0.00994. The Labute approximate surface area is 172 Å². The monoisotopic (exact) mass is 427 g/mol. The topological polar surface area (TPSA) is 79.5 Å². The Morgan fingerprint density at radius 3 is 2.86 bits per heavy atom. The molecule has 1 heterocycles. The predicted molar refractivity (Wildman–Crippen MR) is 106 cm³/mol. The zero-order valence-electron chi connectivity index (χ0n) is 15.5. The minimum atomic E-state index is -0.585. The van der Waals surface area contributed by atoms with Gasteiger partial charge in [0, 0.05) is 23.4 Å². The van der Waals surface area contributed by atoms with Crippen LogP contribution in [0.3, 0.4) is 0 Å². The summed E-state index contributed by atoms with van der Waals surface area (Å²) in [5.74, 6) is 0.635. The number of carbonyl (C=O) groups excluding carboxylic acids is 2. The lowest BCUT2D eigenvalue weighted by molar-refractivity contribution is -0.125. The summed E-state index contributed by atoms with van der Waals surface area (Å²) < 4.78 is 18.8. The summed E-state index contributed by atoms with van der Waals surface area (Å²) in [6.07, 6.45) is 2.52. The summed E-state index contributed by atoms with van der Waals surface area (Å²) in [6, 6.07) is 3.95. The highest BCUT2D eigenvalue weighted by Gasteiger charge is 2.57. The number of fused-ring (bicyclic) bond motifs is 1. The molecule has 9 heteroatoms. The zero-order valence-corrected chi connectivity index (χ0v) is 17.0. The number of carbonyl (C=O) groups is 2. The molecular formula is C19H23ClFN3O3S. The summed E-state index contributed by atoms with van der Waals surface area (Å²) in [5.41, 5.74) is -0.196. The molecule has 2 bridgehead atoms. The molecular weight excluding hydrogens is 405 g/mol. The Morgan fingerprint density at radius 2 is 2.18 bits per heavy atom. The van der Waals surface area contributed by atoms with Crippen molar-refractivity contribution in [2.75, 3.05) is 12.4 Å². The molecule has 1 saturated heterocycles. The highest BCUT2D eigenvalue weighted by molar-refractivity contribution is 8.00. The quantitative estimate of drug-likeness (QED) is 0.647. The number of halogens is 2. The van der Waals surface area contributed by atoms with Crippen LogP contribution in [0.15, 0.2) is 18.2 Å². The van der Waals surface area contributed by atoms with Crippen LogP contribution in [0.5, 0.6) is 5.75 Å². The molecule has 0 aromatic heterocycles. The van der Waals surface area contributed by atoms with Gasteiger partial charge in [0.2, 0.25) is 5.91 Å². The number of amides is 2. The van der Waals surface area contributed by atoms with Crippen LogP contribution in [-0.2, 0) is 9.59 Å². The van der Waals surface area contributed by atoms with Gasteiger partial charge in [-0.15, -0.1) is 11.8 Å². The fourth-order valence-corrected chi connectivity index (χ4v) is 5.50. The molecule has 3 N–H and O–H groups in total. The third-order valence-electron chi connectivity index (χ3n) is 5.75. The van der Waals surface area contributed by atoms with Crippen LogP contribution in [0.1, 0.15) is 26.2 Å². The molecule has 1 aromatic rings. The fraction of sp³-hybridized carbons (Fsp3) is 0.579. The van der Waals surface area contributed by atoms with Crippen molar-refractivity contribution < 1.29 is 18.7 Å². The Bertz CT molecular complexity index is 790. The highest BCUT2D eigenvalue weighted by atomic mass is 35.5. The normalized spacial score (nSPS) is 33.2. The minimum Gasteiger partial charge on any atom is -0.484 e. The van der Waals surface area contributed by atoms with E-state index in [-0.39, 0.29) is 46.8 Å². The summed E-state index contributed by atoms with van der Waals surface area (Å²) in [6.45, 7) is 1.86. The number of hydrogen-bond donors (Lipinski definition) is 3. The molecule has 2 amide bonds. The van der Waals surface area contributed by atoms with E-state index >= 15 is 0 Å². The second-order valence-electron chi connectivity index (χ2n) is 7.88. The van der Waals surface area contributed by atoms with E-state index in [0.29, 0.717) is 11.3 Å². The van der Waals surface area contributed by atoms with E-state index in [1.807, 2.05) is 0 Å². The van der Waals surface area contributed by atoms with E-state index in [9.17, 15) is 14.0 Å². The van der Waals surface area contributed by atoms with Crippen molar-refractivity contribution in [2.24, 2.45) is 5.92 Å². The van der Waals surface area contributed by atoms with Crippen molar-refractivity contribution in [3.05, 3.63) is 29.0 Å². The maximum atomic E-state index is 13.4. The molecule has 152 valence electrons. The average Bonchev–Trinajstić information content (AvgIpc) is 3.28. The third-order valence-corrected chi connectivity index (χ3v) is 7.21. The lowest BCUT2D eigenvalue weighted by Gasteiger charge is -2.39. The molecule has 4 aliphatic rings. The maximum Gasteiger partial charge on any atom is 0.258 e. The van der Waals surface area contributed by atoms with Crippen molar-refractivity contribution in [1.82, 2.24) is 16.0 Å². The van der Waals surface area contributed by atoms with E-state index in [2.05, 4.69) is 22.9 Å². The van der Waals surface area contributed by atoms with E-state index in [4.69, 9.17) is 16.3 Å². The van der Waals surface area contributed by atoms with Gasteiger partial charge in [-0.2, -0.15) is 0 Å². The standard InChI is InChI=1S/C19H23ClFN3O3S/c1-10-22-16(9-28-10)18(26)24-19-5-11(6-19)15(7-19)23-17(25)8-27-12-2-3-13(20)14(21)4-12/h2-4,10-11,15-16,22H,5-9H2,1H3,(H,23,25)(H,24,26). The van der Waals surface area contributed by atoms with Gasteiger partial charge in [-0.1, -0.05) is 11.6 Å². The summed E-state index contributed by atoms with van der Waals surface area (Å²) in [5, 5.41) is 9.77. The molecule has 3 unspecified atom stereocenters. The smallest absolute Gasteiger partial charge is 0.258 e. The lowest BCUT2D eigenvalue weighted by atomic mass is 9.76. The second-order valence-corrected chi connectivity index (χ2v) is 9.66. The molecule has 3 aliphatic carbocycles. The van der Waals surface area contributed by atoms with Gasteiger partial charge in [0.05, 0.1) is 16.4 Å². The fourth-order valence-electron chi connectivity index (χ4n) is 4.39. The third kappa shape index (κ3) is 4.09. The second kappa shape index (κ2) is 7.72. The summed E-state index contributed by atoms with van der Waals surface area (Å²) >= 11 is 7.37. The van der Waals surface area contributed by atoms with Gasteiger partial charge >= 0.3 is 0 Å². The Morgan fingerprint density at radius 1 is 1.39 bits per heavy atom. The van der Waals surface area contributed by atoms with E-state index < -0.39 is 5.82 Å². The van der Waals surface area contributed by atoms with E-state index in [0.717, 1.165) is 31.1 Å². The lowest BCUT2D eigenvalue weighted by Crippen LogP contribution is -2.56. The number of benzene rings is 1. The summed E-state index contributed by atoms with van der Waals surface area (Å²) in [4.78, 5) is 24.7. The van der Waals surface area contributed by atoms with Crippen LogP contribution >= 0.6 is 23.4 Å². The molecule has 5 rings (SSSR count). The highest BCUT2D eigenvalue weighted by Crippen LogP contribution is 2.52. The maximum absolute atomic E-state index is 13.4. The van der Waals surface area contributed by atoms with Crippen molar-refractivity contribution >= 4 is 35.2 Å². The first-order valence-corrected chi connectivity index (χ1v) is 10.8. The Hall–Kier alpha value is -1.51. The van der Waals surface area contributed by atoms with Crippen LogP contribution in [0.2, 0.25) is 5.02 Å². The first-order chi connectivity index (χ1) is 13.3. The molecule has 3 atom stereocenters. The van der Waals surface area contributed by atoms with E-state index in [1.54, 1.807) is 11.8 Å². The van der Waals surface area contributed by atoms with Crippen molar-refractivity contribution in [1.29, 1.82) is 0 Å². The van der Waals surface area contributed by atoms with Gasteiger partial charge in [-0.25, -0.2) is 4.39 Å². The first-order valence-electron chi connectivity index (χ1n) is 9.40. The number of rotatable bonds is 6. The largest absolute Gasteiger partial charge is 0.484 e. The molecule has 0 radical (unpaired) electrons. The molecule has 6 nitrogen and oxygen atoms in total. The molecule has 28 heavy (non-hydrogen) atoms. The number of nitrogens with one attached hydrogen (secondary N) is 3. The molecule has 3 saturated carbocycles. The van der Waals surface area contributed by atoms with Gasteiger partial charge in [0.15, 0.2) is 6.61 Å². The molecule has 1 aliphatic heterocycles. The van der Waals surface area contributed by atoms with Crippen molar-refractivity contribution in [2.45, 2.75) is 49.2 Å². The molecule has 0 spiro atoms. The number of hydrogen-bond acceptors (Lipinski definition) is 5.